The van der Waals surface area contributed by atoms with Crippen molar-refractivity contribution < 1.29 is 26.7 Å². The van der Waals surface area contributed by atoms with E-state index in [0.717, 1.165) is 23.4 Å². The molecule has 0 unspecified atom stereocenters. The summed E-state index contributed by atoms with van der Waals surface area (Å²) in [4.78, 5) is 25.3. The summed E-state index contributed by atoms with van der Waals surface area (Å²) in [6, 6.07) is 11.7. The van der Waals surface area contributed by atoms with Crippen molar-refractivity contribution in [3.8, 4) is 5.82 Å². The second kappa shape index (κ2) is 13.1. The number of aryl methyl sites for hydroxylation is 2. The molecule has 1 saturated heterocycles. The number of halogens is 5. The molecule has 1 fully saturated rings. The molecule has 1 amide bonds. The average molecular weight is 630 g/mol. The average Bonchev–Trinajstić information content (AvgIpc) is 3.38. The van der Waals surface area contributed by atoms with E-state index in [2.05, 4.69) is 31.0 Å². The van der Waals surface area contributed by atoms with Gasteiger partial charge in [-0.15, -0.1) is 0 Å². The Bertz CT molecular complexity index is 1670. The lowest BCUT2D eigenvalue weighted by atomic mass is 10.0. The van der Waals surface area contributed by atoms with E-state index in [9.17, 15) is 26.7 Å². The SMILES string of the molecule is CNc1cc(-n2nc(C)cc2Nc2cc(NC(=O)c3cc(C(F)(F)F)ccc3N3CCN(CC(F)F)CC3)ccc2C)ncn1. The Morgan fingerprint density at radius 1 is 0.978 bits per heavy atom. The first-order valence-corrected chi connectivity index (χ1v) is 14.1. The van der Waals surface area contributed by atoms with E-state index in [1.165, 1.54) is 12.4 Å². The molecule has 10 nitrogen and oxygen atoms in total. The van der Waals surface area contributed by atoms with Crippen LogP contribution >= 0.6 is 0 Å². The number of rotatable bonds is 9. The molecule has 0 spiro atoms. The van der Waals surface area contributed by atoms with Crippen molar-refractivity contribution >= 4 is 34.6 Å². The normalized spacial score (nSPS) is 14.1. The molecule has 238 valence electrons. The number of amides is 1. The quantitative estimate of drug-likeness (QED) is 0.202. The molecule has 3 heterocycles. The molecule has 3 N–H and O–H groups in total. The largest absolute Gasteiger partial charge is 0.416 e. The van der Waals surface area contributed by atoms with Crippen molar-refractivity contribution in [3.05, 3.63) is 77.2 Å². The van der Waals surface area contributed by atoms with Crippen molar-refractivity contribution in [3.63, 3.8) is 0 Å². The molecule has 1 aliphatic heterocycles. The lowest BCUT2D eigenvalue weighted by Crippen LogP contribution is -2.48. The van der Waals surface area contributed by atoms with E-state index in [1.54, 1.807) is 45.8 Å². The van der Waals surface area contributed by atoms with E-state index in [-0.39, 0.29) is 25.2 Å². The minimum atomic E-state index is -4.66. The van der Waals surface area contributed by atoms with Crippen LogP contribution in [-0.2, 0) is 6.18 Å². The number of hydrogen-bond donors (Lipinski definition) is 3. The summed E-state index contributed by atoms with van der Waals surface area (Å²) in [5.74, 6) is 0.969. The summed E-state index contributed by atoms with van der Waals surface area (Å²) in [5.41, 5.74) is 1.69. The molecule has 0 atom stereocenters. The fraction of sp³-hybridized carbons (Fsp3) is 0.333. The van der Waals surface area contributed by atoms with Gasteiger partial charge in [-0.2, -0.15) is 23.0 Å². The van der Waals surface area contributed by atoms with Gasteiger partial charge in [-0.25, -0.2) is 18.7 Å². The highest BCUT2D eigenvalue weighted by atomic mass is 19.4. The first-order chi connectivity index (χ1) is 21.4. The molecule has 15 heteroatoms. The van der Waals surface area contributed by atoms with Gasteiger partial charge in [-0.1, -0.05) is 6.07 Å². The Hall–Kier alpha value is -4.79. The van der Waals surface area contributed by atoms with Gasteiger partial charge in [0.05, 0.1) is 23.4 Å². The Morgan fingerprint density at radius 3 is 2.42 bits per heavy atom. The monoisotopic (exact) mass is 629 g/mol. The van der Waals surface area contributed by atoms with Gasteiger partial charge in [0.1, 0.15) is 18.0 Å². The number of nitrogens with zero attached hydrogens (tertiary/aromatic N) is 6. The summed E-state index contributed by atoms with van der Waals surface area (Å²) >= 11 is 0. The van der Waals surface area contributed by atoms with Crippen LogP contribution in [0, 0.1) is 13.8 Å². The summed E-state index contributed by atoms with van der Waals surface area (Å²) in [6.07, 6.45) is -5.74. The van der Waals surface area contributed by atoms with Crippen LogP contribution in [0.25, 0.3) is 5.82 Å². The molecule has 0 saturated carbocycles. The van der Waals surface area contributed by atoms with E-state index in [1.807, 2.05) is 19.9 Å². The molecule has 0 aliphatic carbocycles. The van der Waals surface area contributed by atoms with E-state index in [0.29, 0.717) is 47.6 Å². The van der Waals surface area contributed by atoms with Crippen molar-refractivity contribution in [1.29, 1.82) is 0 Å². The summed E-state index contributed by atoms with van der Waals surface area (Å²) in [5, 5.41) is 13.5. The van der Waals surface area contributed by atoms with Crippen molar-refractivity contribution in [2.45, 2.75) is 26.4 Å². The van der Waals surface area contributed by atoms with Crippen LogP contribution in [0.1, 0.15) is 27.2 Å². The predicted molar refractivity (Wildman–Crippen MR) is 162 cm³/mol. The van der Waals surface area contributed by atoms with Gasteiger partial charge in [0.15, 0.2) is 5.82 Å². The Balaban J connectivity index is 1.40. The maximum Gasteiger partial charge on any atom is 0.416 e. The fourth-order valence-electron chi connectivity index (χ4n) is 5.07. The zero-order chi connectivity index (χ0) is 32.3. The highest BCUT2D eigenvalue weighted by molar-refractivity contribution is 6.08. The number of piperazine rings is 1. The molecule has 2 aromatic carbocycles. The van der Waals surface area contributed by atoms with Crippen molar-refractivity contribution in [2.24, 2.45) is 0 Å². The zero-order valence-corrected chi connectivity index (χ0v) is 24.8. The topological polar surface area (TPSA) is 103 Å². The Morgan fingerprint density at radius 2 is 1.73 bits per heavy atom. The van der Waals surface area contributed by atoms with Crippen LogP contribution in [0.2, 0.25) is 0 Å². The van der Waals surface area contributed by atoms with Gasteiger partial charge in [0, 0.05) is 62.4 Å². The molecule has 2 aromatic heterocycles. The van der Waals surface area contributed by atoms with Crippen molar-refractivity contribution in [1.82, 2.24) is 24.6 Å². The van der Waals surface area contributed by atoms with E-state index < -0.39 is 24.1 Å². The summed E-state index contributed by atoms with van der Waals surface area (Å²) < 4.78 is 68.3. The van der Waals surface area contributed by atoms with Gasteiger partial charge in [-0.05, 0) is 49.7 Å². The number of alkyl halides is 5. The van der Waals surface area contributed by atoms with E-state index >= 15 is 0 Å². The fourth-order valence-corrected chi connectivity index (χ4v) is 5.07. The first kappa shape index (κ1) is 31.6. The van der Waals surface area contributed by atoms with Crippen LogP contribution in [-0.4, -0.2) is 76.8 Å². The number of carbonyl (C=O) groups is 1. The van der Waals surface area contributed by atoms with Gasteiger partial charge in [0.2, 0.25) is 0 Å². The highest BCUT2D eigenvalue weighted by Crippen LogP contribution is 2.34. The third-order valence-corrected chi connectivity index (χ3v) is 7.39. The van der Waals surface area contributed by atoms with Gasteiger partial charge in [-0.3, -0.25) is 9.69 Å². The number of carbonyl (C=O) groups excluding carboxylic acids is 1. The molecule has 45 heavy (non-hydrogen) atoms. The Labute approximate surface area is 256 Å². The minimum absolute atomic E-state index is 0.167. The molecule has 0 bridgehead atoms. The second-order valence-electron chi connectivity index (χ2n) is 10.6. The zero-order valence-electron chi connectivity index (χ0n) is 24.8. The smallest absolute Gasteiger partial charge is 0.373 e. The van der Waals surface area contributed by atoms with Gasteiger partial charge < -0.3 is 20.9 Å². The third-order valence-electron chi connectivity index (χ3n) is 7.39. The number of nitrogens with one attached hydrogen (secondary N) is 3. The Kier molecular flexibility index (Phi) is 9.18. The number of anilines is 5. The lowest BCUT2D eigenvalue weighted by Gasteiger charge is -2.36. The van der Waals surface area contributed by atoms with Gasteiger partial charge in [0.25, 0.3) is 12.3 Å². The molecule has 5 rings (SSSR count). The molecule has 4 aromatic rings. The minimum Gasteiger partial charge on any atom is -0.373 e. The molecule has 1 aliphatic rings. The van der Waals surface area contributed by atoms with Crippen LogP contribution in [0.3, 0.4) is 0 Å². The second-order valence-corrected chi connectivity index (χ2v) is 10.6. The van der Waals surface area contributed by atoms with Crippen LogP contribution in [0.5, 0.6) is 0 Å². The number of aromatic nitrogens is 4. The highest BCUT2D eigenvalue weighted by Gasteiger charge is 2.33. The van der Waals surface area contributed by atoms with Crippen LogP contribution < -0.4 is 20.9 Å². The maximum absolute atomic E-state index is 13.7. The lowest BCUT2D eigenvalue weighted by molar-refractivity contribution is -0.137. The molecular formula is C30H32F5N9O. The van der Waals surface area contributed by atoms with Crippen molar-refractivity contribution in [2.75, 3.05) is 60.6 Å². The number of hydrogen-bond acceptors (Lipinski definition) is 8. The standard InChI is InChI=1S/C30H32F5N9O/c1-18-4-6-21(14-23(18)40-28-12-19(2)41-44(28)27-15-26(36-3)37-17-38-27)39-29(45)22-13-20(30(33,34)35)5-7-24(22)43-10-8-42(9-11-43)16-25(31)32/h4-7,12-15,17,25,40H,8-11,16H2,1-3H3,(H,39,45)(H,36,37,38). The van der Waals surface area contributed by atoms with Crippen LogP contribution in [0.4, 0.5) is 50.6 Å². The maximum atomic E-state index is 13.7. The first-order valence-electron chi connectivity index (χ1n) is 14.1. The summed E-state index contributed by atoms with van der Waals surface area (Å²) in [6.45, 7) is 4.47. The summed E-state index contributed by atoms with van der Waals surface area (Å²) in [7, 11) is 1.74. The number of benzene rings is 2. The third kappa shape index (κ3) is 7.48. The molecule has 0 radical (unpaired) electrons. The van der Waals surface area contributed by atoms with E-state index in [4.69, 9.17) is 0 Å². The van der Waals surface area contributed by atoms with Crippen LogP contribution in [0.15, 0.2) is 54.9 Å². The predicted octanol–water partition coefficient (Wildman–Crippen LogP) is 5.72. The van der Waals surface area contributed by atoms with Gasteiger partial charge >= 0.3 is 6.18 Å². The molecular weight excluding hydrogens is 597 g/mol.